The van der Waals surface area contributed by atoms with Gasteiger partial charge in [-0.2, -0.15) is 13.2 Å². The SMILES string of the molecule is O=C1NCc2c1cc(-c1ccc(F)cc1F)cc2-c1cnc(C(F)(F)F)nc1. The van der Waals surface area contributed by atoms with Crippen LogP contribution >= 0.6 is 0 Å². The summed E-state index contributed by atoms with van der Waals surface area (Å²) < 4.78 is 65.5. The van der Waals surface area contributed by atoms with Gasteiger partial charge in [0, 0.05) is 41.7 Å². The van der Waals surface area contributed by atoms with Gasteiger partial charge in [-0.1, -0.05) is 0 Å². The molecule has 1 amide bonds. The number of alkyl halides is 3. The number of carbonyl (C=O) groups excluding carboxylic acids is 1. The van der Waals surface area contributed by atoms with Crippen molar-refractivity contribution in [1.82, 2.24) is 15.3 Å². The Bertz CT molecular complexity index is 1090. The van der Waals surface area contributed by atoms with E-state index in [1.807, 2.05) is 0 Å². The maximum absolute atomic E-state index is 14.2. The molecule has 1 N–H and O–H groups in total. The largest absolute Gasteiger partial charge is 0.451 e. The van der Waals surface area contributed by atoms with Gasteiger partial charge in [-0.25, -0.2) is 18.7 Å². The lowest BCUT2D eigenvalue weighted by molar-refractivity contribution is -0.144. The minimum atomic E-state index is -4.68. The predicted molar refractivity (Wildman–Crippen MR) is 89.0 cm³/mol. The summed E-state index contributed by atoms with van der Waals surface area (Å²) in [4.78, 5) is 18.8. The van der Waals surface area contributed by atoms with E-state index in [0.29, 0.717) is 17.2 Å². The molecule has 0 unspecified atom stereocenters. The highest BCUT2D eigenvalue weighted by Gasteiger charge is 2.34. The number of nitrogens with one attached hydrogen (secondary N) is 1. The molecule has 1 aromatic heterocycles. The molecule has 0 aliphatic carbocycles. The number of carbonyl (C=O) groups is 1. The molecule has 9 heteroatoms. The van der Waals surface area contributed by atoms with Crippen molar-refractivity contribution < 1.29 is 26.7 Å². The number of halogens is 5. The summed E-state index contributed by atoms with van der Waals surface area (Å²) >= 11 is 0. The minimum absolute atomic E-state index is 0.0537. The molecule has 28 heavy (non-hydrogen) atoms. The first-order valence-corrected chi connectivity index (χ1v) is 8.04. The van der Waals surface area contributed by atoms with Crippen LogP contribution in [-0.2, 0) is 12.7 Å². The van der Waals surface area contributed by atoms with E-state index in [-0.39, 0.29) is 28.8 Å². The third-order valence-corrected chi connectivity index (χ3v) is 4.38. The minimum Gasteiger partial charge on any atom is -0.348 e. The Morgan fingerprint density at radius 3 is 2.21 bits per heavy atom. The summed E-state index contributed by atoms with van der Waals surface area (Å²) in [6, 6.07) is 5.99. The molecule has 0 saturated carbocycles. The van der Waals surface area contributed by atoms with Gasteiger partial charge in [0.2, 0.25) is 5.82 Å². The first-order valence-electron chi connectivity index (χ1n) is 8.04. The first kappa shape index (κ1) is 18.0. The molecule has 2 heterocycles. The van der Waals surface area contributed by atoms with Crippen LogP contribution in [0.4, 0.5) is 22.0 Å². The van der Waals surface area contributed by atoms with Crippen molar-refractivity contribution in [3.05, 3.63) is 71.3 Å². The standard InChI is InChI=1S/C19H10F5N3O/c20-11-1-2-12(16(21)5-11)9-3-13(15-8-25-17(28)14(15)4-9)10-6-26-18(27-7-10)19(22,23)24/h1-7H,8H2,(H,25,28). The fourth-order valence-electron chi connectivity index (χ4n) is 3.08. The van der Waals surface area contributed by atoms with E-state index < -0.39 is 29.5 Å². The summed E-state index contributed by atoms with van der Waals surface area (Å²) in [7, 11) is 0. The molecule has 1 aliphatic rings. The van der Waals surface area contributed by atoms with Gasteiger partial charge in [-0.05, 0) is 41.0 Å². The van der Waals surface area contributed by atoms with Crippen LogP contribution in [-0.4, -0.2) is 15.9 Å². The maximum atomic E-state index is 14.2. The zero-order valence-electron chi connectivity index (χ0n) is 13.9. The van der Waals surface area contributed by atoms with Crippen molar-refractivity contribution in [2.75, 3.05) is 0 Å². The topological polar surface area (TPSA) is 54.9 Å². The number of fused-ring (bicyclic) bond motifs is 1. The van der Waals surface area contributed by atoms with E-state index in [9.17, 15) is 26.7 Å². The Morgan fingerprint density at radius 2 is 1.57 bits per heavy atom. The van der Waals surface area contributed by atoms with Crippen LogP contribution < -0.4 is 5.32 Å². The number of aromatic nitrogens is 2. The third kappa shape index (κ3) is 3.08. The van der Waals surface area contributed by atoms with Gasteiger partial charge < -0.3 is 5.32 Å². The van der Waals surface area contributed by atoms with E-state index in [2.05, 4.69) is 15.3 Å². The van der Waals surface area contributed by atoms with Crippen molar-refractivity contribution >= 4 is 5.91 Å². The Labute approximate surface area is 155 Å². The molecule has 1 aliphatic heterocycles. The Morgan fingerprint density at radius 1 is 0.893 bits per heavy atom. The third-order valence-electron chi connectivity index (χ3n) is 4.38. The summed E-state index contributed by atoms with van der Waals surface area (Å²) in [5.41, 5.74) is 1.77. The maximum Gasteiger partial charge on any atom is 0.451 e. The lowest BCUT2D eigenvalue weighted by Gasteiger charge is -2.12. The van der Waals surface area contributed by atoms with Crippen molar-refractivity contribution in [2.24, 2.45) is 0 Å². The number of rotatable bonds is 2. The number of benzene rings is 2. The molecule has 2 aromatic carbocycles. The van der Waals surface area contributed by atoms with E-state index in [1.54, 1.807) is 0 Å². The van der Waals surface area contributed by atoms with E-state index in [4.69, 9.17) is 0 Å². The van der Waals surface area contributed by atoms with Crippen LogP contribution in [0.15, 0.2) is 42.7 Å². The molecule has 3 aromatic rings. The lowest BCUT2D eigenvalue weighted by atomic mass is 9.92. The highest BCUT2D eigenvalue weighted by atomic mass is 19.4. The summed E-state index contributed by atoms with van der Waals surface area (Å²) in [6.07, 6.45) is -2.69. The summed E-state index contributed by atoms with van der Waals surface area (Å²) in [5.74, 6) is -3.26. The van der Waals surface area contributed by atoms with Crippen molar-refractivity contribution in [3.63, 3.8) is 0 Å². The molecule has 0 saturated heterocycles. The van der Waals surface area contributed by atoms with Crippen molar-refractivity contribution in [2.45, 2.75) is 12.7 Å². The van der Waals surface area contributed by atoms with Crippen LogP contribution in [0.2, 0.25) is 0 Å². The first-order chi connectivity index (χ1) is 13.2. The van der Waals surface area contributed by atoms with Gasteiger partial charge in [-0.3, -0.25) is 4.79 Å². The van der Waals surface area contributed by atoms with Crippen LogP contribution in [0, 0.1) is 11.6 Å². The average molecular weight is 391 g/mol. The molecule has 0 spiro atoms. The van der Waals surface area contributed by atoms with E-state index in [1.165, 1.54) is 18.2 Å². The molecular weight excluding hydrogens is 381 g/mol. The second-order valence-corrected chi connectivity index (χ2v) is 6.15. The van der Waals surface area contributed by atoms with Gasteiger partial charge in [0.05, 0.1) is 0 Å². The monoisotopic (exact) mass is 391 g/mol. The normalized spacial score (nSPS) is 13.4. The van der Waals surface area contributed by atoms with Gasteiger partial charge in [0.25, 0.3) is 5.91 Å². The van der Waals surface area contributed by atoms with Gasteiger partial charge >= 0.3 is 6.18 Å². The fourth-order valence-corrected chi connectivity index (χ4v) is 3.08. The average Bonchev–Trinajstić information content (AvgIpc) is 3.01. The molecule has 4 rings (SSSR count). The highest BCUT2D eigenvalue weighted by molar-refractivity contribution is 6.02. The van der Waals surface area contributed by atoms with Crippen molar-refractivity contribution in [1.29, 1.82) is 0 Å². The fraction of sp³-hybridized carbons (Fsp3) is 0.105. The van der Waals surface area contributed by atoms with Crippen LogP contribution in [0.3, 0.4) is 0 Å². The smallest absolute Gasteiger partial charge is 0.348 e. The second kappa shape index (κ2) is 6.36. The molecule has 0 fully saturated rings. The van der Waals surface area contributed by atoms with Crippen LogP contribution in [0.25, 0.3) is 22.3 Å². The molecule has 4 nitrogen and oxygen atoms in total. The molecular formula is C19H10F5N3O. The summed E-state index contributed by atoms with van der Waals surface area (Å²) in [6.45, 7) is 0.163. The molecule has 0 atom stereocenters. The molecule has 0 bridgehead atoms. The number of nitrogens with zero attached hydrogens (tertiary/aromatic N) is 2. The van der Waals surface area contributed by atoms with Crippen LogP contribution in [0.5, 0.6) is 0 Å². The van der Waals surface area contributed by atoms with Crippen LogP contribution in [0.1, 0.15) is 21.7 Å². The van der Waals surface area contributed by atoms with Gasteiger partial charge in [0.1, 0.15) is 11.6 Å². The van der Waals surface area contributed by atoms with E-state index >= 15 is 0 Å². The number of hydrogen-bond acceptors (Lipinski definition) is 3. The predicted octanol–water partition coefficient (Wildman–Crippen LogP) is 4.35. The molecule has 0 radical (unpaired) electrons. The Kier molecular flexibility index (Phi) is 4.10. The van der Waals surface area contributed by atoms with Gasteiger partial charge in [0.15, 0.2) is 0 Å². The lowest BCUT2D eigenvalue weighted by Crippen LogP contribution is -2.12. The molecule has 142 valence electrons. The quantitative estimate of drug-likeness (QED) is 0.661. The number of hydrogen-bond donors (Lipinski definition) is 1. The second-order valence-electron chi connectivity index (χ2n) is 6.15. The zero-order chi connectivity index (χ0) is 20.1. The summed E-state index contributed by atoms with van der Waals surface area (Å²) in [5, 5.41) is 2.62. The Balaban J connectivity index is 1.89. The highest BCUT2D eigenvalue weighted by Crippen LogP contribution is 2.36. The Hall–Kier alpha value is -3.36. The zero-order valence-corrected chi connectivity index (χ0v) is 13.9. The number of amides is 1. The van der Waals surface area contributed by atoms with Gasteiger partial charge in [-0.15, -0.1) is 0 Å². The van der Waals surface area contributed by atoms with E-state index in [0.717, 1.165) is 18.5 Å². The van der Waals surface area contributed by atoms with Crippen molar-refractivity contribution in [3.8, 4) is 22.3 Å².